The molecular formula is C5H10ClF2N. The van der Waals surface area contributed by atoms with Crippen LogP contribution in [0.4, 0.5) is 8.78 Å². The fourth-order valence-corrected chi connectivity index (χ4v) is 0.672. The minimum Gasteiger partial charge on any atom is -0.330 e. The SMILES string of the molecule is Cl.NCC1(C(F)F)CC1. The molecule has 0 unspecified atom stereocenters. The van der Waals surface area contributed by atoms with Gasteiger partial charge in [0.15, 0.2) is 0 Å². The Morgan fingerprint density at radius 1 is 1.44 bits per heavy atom. The highest BCUT2D eigenvalue weighted by atomic mass is 35.5. The van der Waals surface area contributed by atoms with Gasteiger partial charge in [-0.2, -0.15) is 0 Å². The zero-order valence-electron chi connectivity index (χ0n) is 4.94. The van der Waals surface area contributed by atoms with Crippen molar-refractivity contribution >= 4 is 12.4 Å². The van der Waals surface area contributed by atoms with Crippen LogP contribution in [0.3, 0.4) is 0 Å². The van der Waals surface area contributed by atoms with Crippen LogP contribution in [0.1, 0.15) is 12.8 Å². The van der Waals surface area contributed by atoms with Gasteiger partial charge in [0.05, 0.1) is 0 Å². The first-order valence-corrected chi connectivity index (χ1v) is 2.69. The van der Waals surface area contributed by atoms with Crippen LogP contribution in [0, 0.1) is 5.41 Å². The summed E-state index contributed by atoms with van der Waals surface area (Å²) in [6, 6.07) is 0. The molecule has 0 atom stereocenters. The summed E-state index contributed by atoms with van der Waals surface area (Å²) >= 11 is 0. The van der Waals surface area contributed by atoms with Gasteiger partial charge in [-0.05, 0) is 12.8 Å². The molecule has 0 amide bonds. The van der Waals surface area contributed by atoms with Gasteiger partial charge in [-0.1, -0.05) is 0 Å². The predicted octanol–water partition coefficient (Wildman–Crippen LogP) is 1.41. The topological polar surface area (TPSA) is 26.0 Å². The molecule has 4 heteroatoms. The second-order valence-electron chi connectivity index (χ2n) is 2.37. The fraction of sp³-hybridized carbons (Fsp3) is 1.00. The second-order valence-corrected chi connectivity index (χ2v) is 2.37. The van der Waals surface area contributed by atoms with Gasteiger partial charge in [0.1, 0.15) is 0 Å². The number of rotatable bonds is 2. The highest BCUT2D eigenvalue weighted by molar-refractivity contribution is 5.85. The van der Waals surface area contributed by atoms with Gasteiger partial charge in [-0.25, -0.2) is 8.78 Å². The molecule has 0 spiro atoms. The standard InChI is InChI=1S/C5H9F2N.ClH/c6-4(7)5(3-8)1-2-5;/h4H,1-3,8H2;1H. The van der Waals surface area contributed by atoms with E-state index in [-0.39, 0.29) is 19.0 Å². The molecule has 0 heterocycles. The van der Waals surface area contributed by atoms with Crippen LogP contribution >= 0.6 is 12.4 Å². The van der Waals surface area contributed by atoms with Crippen LogP contribution in [0.25, 0.3) is 0 Å². The monoisotopic (exact) mass is 157 g/mol. The van der Waals surface area contributed by atoms with Crippen molar-refractivity contribution in [2.24, 2.45) is 11.1 Å². The lowest BCUT2D eigenvalue weighted by Crippen LogP contribution is -2.22. The number of alkyl halides is 2. The number of halogens is 3. The van der Waals surface area contributed by atoms with E-state index < -0.39 is 11.8 Å². The summed E-state index contributed by atoms with van der Waals surface area (Å²) in [5, 5.41) is 0. The van der Waals surface area contributed by atoms with Gasteiger partial charge >= 0.3 is 0 Å². The number of hydrogen-bond acceptors (Lipinski definition) is 1. The van der Waals surface area contributed by atoms with E-state index >= 15 is 0 Å². The molecule has 0 bridgehead atoms. The molecule has 0 aliphatic heterocycles. The first kappa shape index (κ1) is 9.11. The lowest BCUT2D eigenvalue weighted by atomic mass is 10.1. The van der Waals surface area contributed by atoms with E-state index in [1.807, 2.05) is 0 Å². The van der Waals surface area contributed by atoms with Crippen LogP contribution in [0.15, 0.2) is 0 Å². The Labute approximate surface area is 59.0 Å². The lowest BCUT2D eigenvalue weighted by Gasteiger charge is -2.08. The Kier molecular flexibility index (Phi) is 2.83. The molecule has 0 aromatic carbocycles. The Morgan fingerprint density at radius 3 is 1.89 bits per heavy atom. The lowest BCUT2D eigenvalue weighted by molar-refractivity contribution is 0.0664. The first-order chi connectivity index (χ1) is 3.71. The minimum atomic E-state index is -2.20. The molecule has 1 fully saturated rings. The molecule has 1 nitrogen and oxygen atoms in total. The van der Waals surface area contributed by atoms with E-state index in [1.54, 1.807) is 0 Å². The molecular weight excluding hydrogens is 148 g/mol. The van der Waals surface area contributed by atoms with Gasteiger partial charge in [-0.3, -0.25) is 0 Å². The summed E-state index contributed by atoms with van der Waals surface area (Å²) in [6.45, 7) is 0.144. The van der Waals surface area contributed by atoms with E-state index in [0.717, 1.165) is 0 Å². The van der Waals surface area contributed by atoms with Gasteiger partial charge in [0, 0.05) is 12.0 Å². The normalized spacial score (nSPS) is 21.3. The van der Waals surface area contributed by atoms with Crippen molar-refractivity contribution in [1.82, 2.24) is 0 Å². The Bertz CT molecular complexity index is 93.0. The minimum absolute atomic E-state index is 0. The van der Waals surface area contributed by atoms with E-state index in [2.05, 4.69) is 0 Å². The third-order valence-corrected chi connectivity index (χ3v) is 1.76. The van der Waals surface area contributed by atoms with E-state index in [9.17, 15) is 8.78 Å². The molecule has 0 radical (unpaired) electrons. The maximum atomic E-state index is 11.8. The van der Waals surface area contributed by atoms with Crippen molar-refractivity contribution in [3.8, 4) is 0 Å². The molecule has 1 rings (SSSR count). The Balaban J connectivity index is 0.000000640. The molecule has 0 aromatic rings. The summed E-state index contributed by atoms with van der Waals surface area (Å²) in [5.74, 6) is 0. The van der Waals surface area contributed by atoms with Crippen LogP contribution in [-0.4, -0.2) is 13.0 Å². The zero-order chi connectivity index (χ0) is 6.20. The average Bonchev–Trinajstić information content (AvgIpc) is 2.44. The quantitative estimate of drug-likeness (QED) is 0.645. The van der Waals surface area contributed by atoms with Crippen molar-refractivity contribution in [3.63, 3.8) is 0 Å². The van der Waals surface area contributed by atoms with Gasteiger partial charge in [-0.15, -0.1) is 12.4 Å². The fourth-order valence-electron chi connectivity index (χ4n) is 0.672. The van der Waals surface area contributed by atoms with Crippen molar-refractivity contribution < 1.29 is 8.78 Å². The van der Waals surface area contributed by atoms with Crippen LogP contribution < -0.4 is 5.73 Å². The third kappa shape index (κ3) is 1.52. The second kappa shape index (κ2) is 2.80. The largest absolute Gasteiger partial charge is 0.330 e. The maximum absolute atomic E-state index is 11.8. The predicted molar refractivity (Wildman–Crippen MR) is 34.0 cm³/mol. The Hall–Kier alpha value is 0.110. The van der Waals surface area contributed by atoms with Crippen LogP contribution in [0.5, 0.6) is 0 Å². The van der Waals surface area contributed by atoms with Crippen LogP contribution in [-0.2, 0) is 0 Å². The molecule has 2 N–H and O–H groups in total. The third-order valence-electron chi connectivity index (χ3n) is 1.76. The summed E-state index contributed by atoms with van der Waals surface area (Å²) in [4.78, 5) is 0. The molecule has 1 aliphatic carbocycles. The van der Waals surface area contributed by atoms with Crippen molar-refractivity contribution in [1.29, 1.82) is 0 Å². The molecule has 0 saturated heterocycles. The van der Waals surface area contributed by atoms with Crippen molar-refractivity contribution in [2.75, 3.05) is 6.54 Å². The summed E-state index contributed by atoms with van der Waals surface area (Å²) in [5.41, 5.74) is 4.33. The Morgan fingerprint density at radius 2 is 1.89 bits per heavy atom. The van der Waals surface area contributed by atoms with E-state index in [4.69, 9.17) is 5.73 Å². The summed E-state index contributed by atoms with van der Waals surface area (Å²) < 4.78 is 23.6. The maximum Gasteiger partial charge on any atom is 0.245 e. The first-order valence-electron chi connectivity index (χ1n) is 2.69. The molecule has 56 valence electrons. The molecule has 9 heavy (non-hydrogen) atoms. The zero-order valence-corrected chi connectivity index (χ0v) is 5.76. The van der Waals surface area contributed by atoms with E-state index in [0.29, 0.717) is 12.8 Å². The van der Waals surface area contributed by atoms with Gasteiger partial charge < -0.3 is 5.73 Å². The van der Waals surface area contributed by atoms with E-state index in [1.165, 1.54) is 0 Å². The summed E-state index contributed by atoms with van der Waals surface area (Å²) in [7, 11) is 0. The molecule has 0 aromatic heterocycles. The summed E-state index contributed by atoms with van der Waals surface area (Å²) in [6.07, 6.45) is -0.977. The van der Waals surface area contributed by atoms with Crippen LogP contribution in [0.2, 0.25) is 0 Å². The van der Waals surface area contributed by atoms with Crippen molar-refractivity contribution in [3.05, 3.63) is 0 Å². The van der Waals surface area contributed by atoms with Gasteiger partial charge in [0.2, 0.25) is 6.43 Å². The van der Waals surface area contributed by atoms with Gasteiger partial charge in [0.25, 0.3) is 0 Å². The van der Waals surface area contributed by atoms with Crippen molar-refractivity contribution in [2.45, 2.75) is 19.3 Å². The number of hydrogen-bond donors (Lipinski definition) is 1. The number of nitrogens with two attached hydrogens (primary N) is 1. The highest BCUT2D eigenvalue weighted by Crippen LogP contribution is 2.49. The molecule has 1 saturated carbocycles. The highest BCUT2D eigenvalue weighted by Gasteiger charge is 2.49. The average molecular weight is 158 g/mol. The molecule has 1 aliphatic rings. The smallest absolute Gasteiger partial charge is 0.245 e.